The highest BCUT2D eigenvalue weighted by molar-refractivity contribution is 7.89. The predicted molar refractivity (Wildman–Crippen MR) is 64.0 cm³/mol. The average molecular weight is 263 g/mol. The first-order chi connectivity index (χ1) is 7.56. The van der Waals surface area contributed by atoms with Crippen molar-refractivity contribution < 1.29 is 8.42 Å². The summed E-state index contributed by atoms with van der Waals surface area (Å²) in [7, 11) is -3.44. The van der Waals surface area contributed by atoms with Crippen LogP contribution in [0.3, 0.4) is 0 Å². The van der Waals surface area contributed by atoms with Gasteiger partial charge >= 0.3 is 0 Å². The lowest BCUT2D eigenvalue weighted by molar-refractivity contribution is 0.576. The molecule has 1 aromatic rings. The van der Waals surface area contributed by atoms with Gasteiger partial charge in [0, 0.05) is 12.7 Å². The number of unbranched alkanes of at least 4 members (excludes halogenated alkanes) is 2. The van der Waals surface area contributed by atoms with Gasteiger partial charge in [0.15, 0.2) is 0 Å². The standard InChI is InChI=1S/C10H15ClN2O2S/c1-2-3-4-6-13-16(14,15)9-5-7-12-10(11)8-9/h5,7-8,13H,2-4,6H2,1H3. The Morgan fingerprint density at radius 3 is 2.81 bits per heavy atom. The summed E-state index contributed by atoms with van der Waals surface area (Å²) in [6.07, 6.45) is 4.29. The lowest BCUT2D eigenvalue weighted by Gasteiger charge is -2.06. The second-order valence-corrected chi connectivity index (χ2v) is 5.57. The summed E-state index contributed by atoms with van der Waals surface area (Å²) in [6, 6.07) is 2.76. The largest absolute Gasteiger partial charge is 0.244 e. The monoisotopic (exact) mass is 262 g/mol. The quantitative estimate of drug-likeness (QED) is 0.632. The van der Waals surface area contributed by atoms with E-state index in [4.69, 9.17) is 11.6 Å². The van der Waals surface area contributed by atoms with Crippen LogP contribution in [0.1, 0.15) is 26.2 Å². The van der Waals surface area contributed by atoms with Crippen molar-refractivity contribution in [3.63, 3.8) is 0 Å². The third kappa shape index (κ3) is 4.08. The molecule has 0 unspecified atom stereocenters. The van der Waals surface area contributed by atoms with Gasteiger partial charge in [-0.3, -0.25) is 0 Å². The summed E-state index contributed by atoms with van der Waals surface area (Å²) in [5.74, 6) is 0. The van der Waals surface area contributed by atoms with Gasteiger partial charge in [-0.25, -0.2) is 18.1 Å². The highest BCUT2D eigenvalue weighted by Crippen LogP contribution is 2.12. The Kier molecular flexibility index (Phi) is 5.18. The molecule has 90 valence electrons. The molecule has 6 heteroatoms. The zero-order chi connectivity index (χ0) is 12.0. The molecule has 1 aromatic heterocycles. The van der Waals surface area contributed by atoms with E-state index >= 15 is 0 Å². The van der Waals surface area contributed by atoms with E-state index in [-0.39, 0.29) is 10.0 Å². The van der Waals surface area contributed by atoms with Gasteiger partial charge in [0.25, 0.3) is 0 Å². The maximum atomic E-state index is 11.8. The molecule has 0 atom stereocenters. The van der Waals surface area contributed by atoms with E-state index in [1.54, 1.807) is 0 Å². The molecule has 0 saturated heterocycles. The molecular weight excluding hydrogens is 248 g/mol. The number of hydrogen-bond donors (Lipinski definition) is 1. The zero-order valence-electron chi connectivity index (χ0n) is 9.11. The Bertz CT molecular complexity index is 434. The molecule has 4 nitrogen and oxygen atoms in total. The van der Waals surface area contributed by atoms with Crippen LogP contribution in [0.15, 0.2) is 23.2 Å². The van der Waals surface area contributed by atoms with Gasteiger partial charge in [0.2, 0.25) is 10.0 Å². The lowest BCUT2D eigenvalue weighted by atomic mass is 10.3. The van der Waals surface area contributed by atoms with Crippen molar-refractivity contribution in [1.82, 2.24) is 9.71 Å². The molecule has 0 bridgehead atoms. The molecule has 0 aromatic carbocycles. The molecule has 1 heterocycles. The van der Waals surface area contributed by atoms with Crippen molar-refractivity contribution in [1.29, 1.82) is 0 Å². The van der Waals surface area contributed by atoms with Crippen LogP contribution in [0, 0.1) is 0 Å². The second-order valence-electron chi connectivity index (χ2n) is 3.42. The summed E-state index contributed by atoms with van der Waals surface area (Å²) < 4.78 is 26.0. The van der Waals surface area contributed by atoms with Gasteiger partial charge in [-0.05, 0) is 18.6 Å². The SMILES string of the molecule is CCCCCNS(=O)(=O)c1ccnc(Cl)c1. The van der Waals surface area contributed by atoms with Gasteiger partial charge in [-0.2, -0.15) is 0 Å². The highest BCUT2D eigenvalue weighted by Gasteiger charge is 2.13. The van der Waals surface area contributed by atoms with Crippen LogP contribution in [0.2, 0.25) is 5.15 Å². The van der Waals surface area contributed by atoms with Gasteiger partial charge in [-0.15, -0.1) is 0 Å². The number of nitrogens with zero attached hydrogens (tertiary/aromatic N) is 1. The third-order valence-electron chi connectivity index (χ3n) is 2.08. The van der Waals surface area contributed by atoms with E-state index in [1.165, 1.54) is 18.3 Å². The van der Waals surface area contributed by atoms with Crippen molar-refractivity contribution in [3.8, 4) is 0 Å². The molecule has 0 amide bonds. The fourth-order valence-corrected chi connectivity index (χ4v) is 2.54. The van der Waals surface area contributed by atoms with Gasteiger partial charge < -0.3 is 0 Å². The molecule has 0 radical (unpaired) electrons. The minimum absolute atomic E-state index is 0.156. The normalized spacial score (nSPS) is 11.6. The smallest absolute Gasteiger partial charge is 0.240 e. The van der Waals surface area contributed by atoms with Gasteiger partial charge in [0.1, 0.15) is 5.15 Å². The van der Waals surface area contributed by atoms with E-state index in [1.807, 2.05) is 0 Å². The van der Waals surface area contributed by atoms with E-state index in [0.29, 0.717) is 6.54 Å². The average Bonchev–Trinajstić information content (AvgIpc) is 2.24. The topological polar surface area (TPSA) is 59.1 Å². The lowest BCUT2D eigenvalue weighted by Crippen LogP contribution is -2.24. The van der Waals surface area contributed by atoms with Crippen LogP contribution in [0.25, 0.3) is 0 Å². The second kappa shape index (κ2) is 6.18. The van der Waals surface area contributed by atoms with Crippen LogP contribution in [-0.4, -0.2) is 19.9 Å². The van der Waals surface area contributed by atoms with E-state index in [2.05, 4.69) is 16.6 Å². The maximum Gasteiger partial charge on any atom is 0.240 e. The van der Waals surface area contributed by atoms with Crippen molar-refractivity contribution in [2.24, 2.45) is 0 Å². The minimum atomic E-state index is -3.44. The fourth-order valence-electron chi connectivity index (χ4n) is 1.22. The third-order valence-corrected chi connectivity index (χ3v) is 3.75. The highest BCUT2D eigenvalue weighted by atomic mass is 35.5. The Hall–Kier alpha value is -0.650. The molecule has 0 saturated carbocycles. The van der Waals surface area contributed by atoms with Crippen LogP contribution in [0.4, 0.5) is 0 Å². The molecule has 0 aliphatic rings. The summed E-state index contributed by atoms with van der Waals surface area (Å²) >= 11 is 5.63. The summed E-state index contributed by atoms with van der Waals surface area (Å²) in [5, 5.41) is 0.177. The van der Waals surface area contributed by atoms with Gasteiger partial charge in [-0.1, -0.05) is 31.4 Å². The molecule has 1 rings (SSSR count). The molecule has 1 N–H and O–H groups in total. The molecule has 0 spiro atoms. The molecule has 16 heavy (non-hydrogen) atoms. The first-order valence-corrected chi connectivity index (χ1v) is 7.03. The Morgan fingerprint density at radius 2 is 2.19 bits per heavy atom. The van der Waals surface area contributed by atoms with E-state index in [9.17, 15) is 8.42 Å². The number of sulfonamides is 1. The van der Waals surface area contributed by atoms with Gasteiger partial charge in [0.05, 0.1) is 4.90 Å². The van der Waals surface area contributed by atoms with Crippen molar-refractivity contribution in [2.75, 3.05) is 6.54 Å². The summed E-state index contributed by atoms with van der Waals surface area (Å²) in [4.78, 5) is 3.89. The molecular formula is C10H15ClN2O2S. The van der Waals surface area contributed by atoms with Crippen molar-refractivity contribution >= 4 is 21.6 Å². The van der Waals surface area contributed by atoms with Crippen LogP contribution in [0.5, 0.6) is 0 Å². The molecule has 0 aliphatic heterocycles. The van der Waals surface area contributed by atoms with E-state index < -0.39 is 10.0 Å². The molecule has 0 fully saturated rings. The Balaban J connectivity index is 2.64. The number of aromatic nitrogens is 1. The van der Waals surface area contributed by atoms with Crippen LogP contribution >= 0.6 is 11.6 Å². The predicted octanol–water partition coefficient (Wildman–Crippen LogP) is 2.20. The number of pyridine rings is 1. The number of nitrogens with one attached hydrogen (secondary N) is 1. The summed E-state index contributed by atoms with van der Waals surface area (Å²) in [6.45, 7) is 2.52. The summed E-state index contributed by atoms with van der Waals surface area (Å²) in [5.41, 5.74) is 0. The van der Waals surface area contributed by atoms with Crippen molar-refractivity contribution in [2.45, 2.75) is 31.1 Å². The van der Waals surface area contributed by atoms with Crippen molar-refractivity contribution in [3.05, 3.63) is 23.5 Å². The Morgan fingerprint density at radius 1 is 1.44 bits per heavy atom. The van der Waals surface area contributed by atoms with E-state index in [0.717, 1.165) is 19.3 Å². The first-order valence-electron chi connectivity index (χ1n) is 5.17. The Labute approximate surface area is 101 Å². The minimum Gasteiger partial charge on any atom is -0.244 e. The molecule has 0 aliphatic carbocycles. The first kappa shape index (κ1) is 13.4. The number of halogens is 1. The number of hydrogen-bond acceptors (Lipinski definition) is 3. The van der Waals surface area contributed by atoms with Crippen LogP contribution < -0.4 is 4.72 Å². The zero-order valence-corrected chi connectivity index (χ0v) is 10.7. The number of rotatable bonds is 6. The maximum absolute atomic E-state index is 11.8. The van der Waals surface area contributed by atoms with Crippen LogP contribution in [-0.2, 0) is 10.0 Å². The fraction of sp³-hybridized carbons (Fsp3) is 0.500.